The molecular weight excluding hydrogens is 134 g/mol. The van der Waals surface area contributed by atoms with E-state index in [9.17, 15) is 4.79 Å². The predicted molar refractivity (Wildman–Crippen MR) is 40.3 cm³/mol. The van der Waals surface area contributed by atoms with Crippen LogP contribution in [0.25, 0.3) is 0 Å². The van der Waals surface area contributed by atoms with Gasteiger partial charge in [-0.1, -0.05) is 25.6 Å². The lowest BCUT2D eigenvalue weighted by Gasteiger charge is -1.93. The highest BCUT2D eigenvalue weighted by molar-refractivity contribution is 7.78. The molecule has 1 radical (unpaired) electrons. The maximum Gasteiger partial charge on any atom is 0.225 e. The molecule has 0 aliphatic rings. The van der Waals surface area contributed by atoms with Gasteiger partial charge in [0, 0.05) is 6.42 Å². The minimum atomic E-state index is -0.0353. The maximum absolute atomic E-state index is 10.6. The minimum absolute atomic E-state index is 0.0353. The predicted octanol–water partition coefficient (Wildman–Crippen LogP) is 1.13. The van der Waals surface area contributed by atoms with E-state index in [1.807, 2.05) is 6.92 Å². The zero-order valence-corrected chi connectivity index (χ0v) is 6.25. The number of rotatable bonds is 4. The minimum Gasteiger partial charge on any atom is -0.315 e. The lowest BCUT2D eigenvalue weighted by Crippen LogP contribution is -2.19. The second-order valence-corrected chi connectivity index (χ2v) is 1.96. The van der Waals surface area contributed by atoms with Crippen LogP contribution in [0.3, 0.4) is 0 Å². The van der Waals surface area contributed by atoms with Gasteiger partial charge in [0.1, 0.15) is 5.49 Å². The molecular formula is C6H10NOS. The Hall–Kier alpha value is -0.440. The molecule has 0 aromatic carbocycles. The molecule has 0 fully saturated rings. The third-order valence-electron chi connectivity index (χ3n) is 0.948. The number of hydrogen-bond acceptors (Lipinski definition) is 2. The molecule has 0 spiro atoms. The molecule has 0 rings (SSSR count). The van der Waals surface area contributed by atoms with Crippen LogP contribution in [0.2, 0.25) is 0 Å². The Morgan fingerprint density at radius 2 is 2.44 bits per heavy atom. The highest BCUT2D eigenvalue weighted by Gasteiger charge is 1.94. The van der Waals surface area contributed by atoms with Crippen LogP contribution in [0.15, 0.2) is 0 Å². The van der Waals surface area contributed by atoms with Crippen LogP contribution < -0.4 is 5.32 Å². The smallest absolute Gasteiger partial charge is 0.225 e. The fourth-order valence-corrected chi connectivity index (χ4v) is 0.571. The fraction of sp³-hybridized carbons (Fsp3) is 0.667. The van der Waals surface area contributed by atoms with Crippen LogP contribution in [-0.2, 0) is 4.79 Å². The zero-order valence-electron chi connectivity index (χ0n) is 5.44. The number of carbonyl (C=O) groups is 1. The van der Waals surface area contributed by atoms with Gasteiger partial charge >= 0.3 is 0 Å². The molecule has 0 bridgehead atoms. The van der Waals surface area contributed by atoms with Gasteiger partial charge in [0.2, 0.25) is 5.91 Å². The number of nitrogens with one attached hydrogen (secondary N) is 1. The summed E-state index contributed by atoms with van der Waals surface area (Å²) in [5.74, 6) is -0.0353. The largest absolute Gasteiger partial charge is 0.315 e. The van der Waals surface area contributed by atoms with Crippen molar-refractivity contribution in [2.75, 3.05) is 0 Å². The van der Waals surface area contributed by atoms with E-state index in [2.05, 4.69) is 23.0 Å². The SMILES string of the molecule is CCCCC(=O)N[C]=S. The number of unbranched alkanes of at least 4 members (excludes halogenated alkanes) is 1. The maximum atomic E-state index is 10.6. The highest BCUT2D eigenvalue weighted by atomic mass is 32.1. The Balaban J connectivity index is 3.16. The molecule has 51 valence electrons. The van der Waals surface area contributed by atoms with Crippen molar-refractivity contribution in [1.29, 1.82) is 0 Å². The summed E-state index contributed by atoms with van der Waals surface area (Å²) in [6.45, 7) is 2.04. The van der Waals surface area contributed by atoms with Crippen LogP contribution in [0, 0.1) is 0 Å². The molecule has 1 N–H and O–H groups in total. The fourth-order valence-electron chi connectivity index (χ4n) is 0.457. The molecule has 0 aromatic heterocycles. The Bertz CT molecular complexity index is 103. The second kappa shape index (κ2) is 5.69. The van der Waals surface area contributed by atoms with E-state index in [-0.39, 0.29) is 5.91 Å². The van der Waals surface area contributed by atoms with E-state index < -0.39 is 0 Å². The Kier molecular flexibility index (Phi) is 5.41. The first-order valence-electron chi connectivity index (χ1n) is 2.97. The van der Waals surface area contributed by atoms with Crippen molar-refractivity contribution in [2.45, 2.75) is 26.2 Å². The topological polar surface area (TPSA) is 29.1 Å². The van der Waals surface area contributed by atoms with Crippen molar-refractivity contribution in [2.24, 2.45) is 0 Å². The summed E-state index contributed by atoms with van der Waals surface area (Å²) < 4.78 is 0. The number of thiocarbonyl (C=S) groups is 1. The molecule has 0 heterocycles. The molecule has 9 heavy (non-hydrogen) atoms. The van der Waals surface area contributed by atoms with Gasteiger partial charge in [-0.2, -0.15) is 0 Å². The zero-order chi connectivity index (χ0) is 7.11. The van der Waals surface area contributed by atoms with Gasteiger partial charge in [0.05, 0.1) is 0 Å². The summed E-state index contributed by atoms with van der Waals surface area (Å²) in [6.07, 6.45) is 2.51. The first-order valence-corrected chi connectivity index (χ1v) is 3.38. The molecule has 0 aliphatic heterocycles. The Morgan fingerprint density at radius 1 is 1.78 bits per heavy atom. The first-order chi connectivity index (χ1) is 4.31. The van der Waals surface area contributed by atoms with Gasteiger partial charge in [-0.3, -0.25) is 4.79 Å². The van der Waals surface area contributed by atoms with Gasteiger partial charge in [0.15, 0.2) is 0 Å². The van der Waals surface area contributed by atoms with Crippen molar-refractivity contribution < 1.29 is 4.79 Å². The molecule has 2 nitrogen and oxygen atoms in total. The van der Waals surface area contributed by atoms with E-state index in [1.54, 1.807) is 0 Å². The summed E-state index contributed by atoms with van der Waals surface area (Å²) in [4.78, 5) is 10.6. The van der Waals surface area contributed by atoms with Crippen molar-refractivity contribution in [3.8, 4) is 0 Å². The highest BCUT2D eigenvalue weighted by Crippen LogP contribution is 1.91. The van der Waals surface area contributed by atoms with Crippen LogP contribution >= 0.6 is 12.2 Å². The summed E-state index contributed by atoms with van der Waals surface area (Å²) >= 11 is 4.30. The van der Waals surface area contributed by atoms with E-state index >= 15 is 0 Å². The van der Waals surface area contributed by atoms with Crippen molar-refractivity contribution in [1.82, 2.24) is 5.32 Å². The van der Waals surface area contributed by atoms with Crippen molar-refractivity contribution in [3.63, 3.8) is 0 Å². The third-order valence-corrected chi connectivity index (χ3v) is 1.05. The molecule has 0 aliphatic carbocycles. The van der Waals surface area contributed by atoms with E-state index in [4.69, 9.17) is 0 Å². The first kappa shape index (κ1) is 8.56. The Morgan fingerprint density at radius 3 is 2.89 bits per heavy atom. The molecule has 0 unspecified atom stereocenters. The summed E-state index contributed by atoms with van der Waals surface area (Å²) in [5.41, 5.74) is 2.16. The molecule has 0 aromatic rings. The van der Waals surface area contributed by atoms with Crippen LogP contribution in [0.5, 0.6) is 0 Å². The van der Waals surface area contributed by atoms with Gasteiger partial charge < -0.3 is 5.32 Å². The van der Waals surface area contributed by atoms with E-state index in [0.29, 0.717) is 6.42 Å². The van der Waals surface area contributed by atoms with Crippen molar-refractivity contribution >= 4 is 23.6 Å². The molecule has 0 saturated heterocycles. The molecule has 0 atom stereocenters. The number of carbonyl (C=O) groups excluding carboxylic acids is 1. The molecule has 0 saturated carbocycles. The molecule has 3 heteroatoms. The molecule has 1 amide bonds. The Labute approximate surface area is 60.6 Å². The third kappa shape index (κ3) is 5.43. The quantitative estimate of drug-likeness (QED) is 0.473. The average Bonchev–Trinajstić information content (AvgIpc) is 1.85. The van der Waals surface area contributed by atoms with Gasteiger partial charge in [-0.15, -0.1) is 0 Å². The van der Waals surface area contributed by atoms with Crippen molar-refractivity contribution in [3.05, 3.63) is 0 Å². The summed E-state index contributed by atoms with van der Waals surface area (Å²) in [7, 11) is 0. The van der Waals surface area contributed by atoms with E-state index in [1.165, 1.54) is 0 Å². The number of amides is 1. The summed E-state index contributed by atoms with van der Waals surface area (Å²) in [5, 5.41) is 2.31. The van der Waals surface area contributed by atoms with Crippen LogP contribution in [-0.4, -0.2) is 11.4 Å². The van der Waals surface area contributed by atoms with Gasteiger partial charge in [-0.25, -0.2) is 0 Å². The lowest BCUT2D eigenvalue weighted by molar-refractivity contribution is -0.119. The second-order valence-electron chi connectivity index (χ2n) is 1.75. The average molecular weight is 144 g/mol. The van der Waals surface area contributed by atoms with Crippen LogP contribution in [0.4, 0.5) is 0 Å². The normalized spacial score (nSPS) is 8.56. The van der Waals surface area contributed by atoms with Gasteiger partial charge in [0.25, 0.3) is 0 Å². The lowest BCUT2D eigenvalue weighted by atomic mass is 10.2. The standard InChI is InChI=1S/C6H10NOS/c1-2-3-4-6(8)7-5-9/h2-4H2,1H3,(H,7,8,9). The monoisotopic (exact) mass is 144 g/mol. The summed E-state index contributed by atoms with van der Waals surface area (Å²) in [6, 6.07) is 0. The van der Waals surface area contributed by atoms with Crippen LogP contribution in [0.1, 0.15) is 26.2 Å². The van der Waals surface area contributed by atoms with E-state index in [0.717, 1.165) is 12.8 Å². The van der Waals surface area contributed by atoms with Gasteiger partial charge in [-0.05, 0) is 6.42 Å². The number of hydrogen-bond donors (Lipinski definition) is 1.